The first-order valence-electron chi connectivity index (χ1n) is 12.7. The lowest BCUT2D eigenvalue weighted by molar-refractivity contribution is 0.0787. The molecule has 2 aliphatic rings. The Hall–Kier alpha value is -3.10. The summed E-state index contributed by atoms with van der Waals surface area (Å²) >= 11 is 0. The highest BCUT2D eigenvalue weighted by atomic mass is 16.6. The van der Waals surface area contributed by atoms with Crippen LogP contribution in [-0.4, -0.2) is 72.3 Å². The molecule has 0 bridgehead atoms. The predicted octanol–water partition coefficient (Wildman–Crippen LogP) is 4.01. The molecule has 4 rings (SSSR count). The van der Waals surface area contributed by atoms with Crippen molar-refractivity contribution in [1.82, 2.24) is 20.4 Å². The lowest BCUT2D eigenvalue weighted by Gasteiger charge is -2.35. The van der Waals surface area contributed by atoms with Gasteiger partial charge in [0, 0.05) is 50.3 Å². The van der Waals surface area contributed by atoms with E-state index >= 15 is 0 Å². The van der Waals surface area contributed by atoms with Gasteiger partial charge < -0.3 is 29.9 Å². The Kier molecular flexibility index (Phi) is 10.6. The number of rotatable bonds is 4. The highest BCUT2D eigenvalue weighted by molar-refractivity contribution is 5.68. The number of amides is 2. The van der Waals surface area contributed by atoms with Gasteiger partial charge in [0.25, 0.3) is 0 Å². The van der Waals surface area contributed by atoms with Crippen LogP contribution in [-0.2, 0) is 22.7 Å². The number of hydrogen-bond acceptors (Lipinski definition) is 6. The standard InChI is InChI=1S/2C14H20N2O2/c2*1-11-8-16(9-12(2)15-11)14(17)18-10-13-6-4-3-5-7-13/h2*3-7,11-12,15H,8-10H2,1-2H3/t2*11-,12+. The number of carbonyl (C=O) groups is 2. The molecule has 2 aliphatic heterocycles. The van der Waals surface area contributed by atoms with Crippen LogP contribution in [0.1, 0.15) is 38.8 Å². The summed E-state index contributed by atoms with van der Waals surface area (Å²) < 4.78 is 10.6. The van der Waals surface area contributed by atoms with Gasteiger partial charge in [-0.1, -0.05) is 60.7 Å². The van der Waals surface area contributed by atoms with E-state index in [-0.39, 0.29) is 12.2 Å². The van der Waals surface area contributed by atoms with Gasteiger partial charge in [-0.2, -0.15) is 0 Å². The van der Waals surface area contributed by atoms with E-state index in [1.165, 1.54) is 0 Å². The van der Waals surface area contributed by atoms with Crippen molar-refractivity contribution in [3.05, 3.63) is 71.8 Å². The molecule has 36 heavy (non-hydrogen) atoms. The van der Waals surface area contributed by atoms with Crippen LogP contribution in [0.3, 0.4) is 0 Å². The number of nitrogens with zero attached hydrogens (tertiary/aromatic N) is 2. The molecule has 196 valence electrons. The maximum Gasteiger partial charge on any atom is 0.410 e. The molecule has 0 radical (unpaired) electrons. The Morgan fingerprint density at radius 3 is 1.25 bits per heavy atom. The van der Waals surface area contributed by atoms with Gasteiger partial charge in [-0.15, -0.1) is 0 Å². The molecule has 2 heterocycles. The second-order valence-corrected chi connectivity index (χ2v) is 9.83. The van der Waals surface area contributed by atoms with E-state index in [0.29, 0.717) is 63.6 Å². The lowest BCUT2D eigenvalue weighted by atomic mass is 10.1. The maximum atomic E-state index is 11.9. The van der Waals surface area contributed by atoms with Gasteiger partial charge in [0.2, 0.25) is 0 Å². The van der Waals surface area contributed by atoms with Gasteiger partial charge in [-0.25, -0.2) is 9.59 Å². The normalized spacial score (nSPS) is 23.8. The summed E-state index contributed by atoms with van der Waals surface area (Å²) in [5, 5.41) is 6.78. The maximum absolute atomic E-state index is 11.9. The van der Waals surface area contributed by atoms with Crippen molar-refractivity contribution < 1.29 is 19.1 Å². The molecule has 2 amide bonds. The number of carbonyl (C=O) groups excluding carboxylic acids is 2. The van der Waals surface area contributed by atoms with Crippen LogP contribution in [0.2, 0.25) is 0 Å². The first kappa shape index (κ1) is 27.5. The van der Waals surface area contributed by atoms with Crippen molar-refractivity contribution in [1.29, 1.82) is 0 Å². The van der Waals surface area contributed by atoms with Crippen molar-refractivity contribution in [3.8, 4) is 0 Å². The van der Waals surface area contributed by atoms with Crippen molar-refractivity contribution in [2.24, 2.45) is 0 Å². The van der Waals surface area contributed by atoms with E-state index in [0.717, 1.165) is 11.1 Å². The molecule has 4 atom stereocenters. The molecular formula is C28H40N4O4. The molecule has 2 aromatic carbocycles. The molecule has 0 aliphatic carbocycles. The molecule has 2 aromatic rings. The molecule has 2 saturated heterocycles. The van der Waals surface area contributed by atoms with Gasteiger partial charge in [0.1, 0.15) is 13.2 Å². The zero-order chi connectivity index (χ0) is 25.9. The Morgan fingerprint density at radius 1 is 0.639 bits per heavy atom. The van der Waals surface area contributed by atoms with E-state index in [9.17, 15) is 9.59 Å². The largest absolute Gasteiger partial charge is 0.445 e. The van der Waals surface area contributed by atoms with Gasteiger partial charge in [-0.05, 0) is 38.8 Å². The SMILES string of the molecule is C[C@@H]1CN(C(=O)OCc2ccccc2)C[C@H](C)N1.C[C@@H]1CN(C(=O)OCc2ccccc2)C[C@H](C)N1. The van der Waals surface area contributed by atoms with Gasteiger partial charge >= 0.3 is 12.2 Å². The lowest BCUT2D eigenvalue weighted by Crippen LogP contribution is -2.55. The molecule has 0 saturated carbocycles. The zero-order valence-corrected chi connectivity index (χ0v) is 21.9. The Bertz CT molecular complexity index is 846. The molecular weight excluding hydrogens is 456 g/mol. The van der Waals surface area contributed by atoms with Crippen LogP contribution in [0.25, 0.3) is 0 Å². The van der Waals surface area contributed by atoms with Crippen LogP contribution >= 0.6 is 0 Å². The molecule has 0 unspecified atom stereocenters. The molecule has 0 spiro atoms. The van der Waals surface area contributed by atoms with E-state index in [1.807, 2.05) is 60.7 Å². The van der Waals surface area contributed by atoms with Crippen LogP contribution in [0, 0.1) is 0 Å². The minimum absolute atomic E-state index is 0.223. The topological polar surface area (TPSA) is 83.1 Å². The average Bonchev–Trinajstić information content (AvgIpc) is 2.86. The second kappa shape index (κ2) is 13.8. The summed E-state index contributed by atoms with van der Waals surface area (Å²) in [4.78, 5) is 27.4. The quantitative estimate of drug-likeness (QED) is 0.666. The predicted molar refractivity (Wildman–Crippen MR) is 141 cm³/mol. The number of hydrogen-bond donors (Lipinski definition) is 2. The smallest absolute Gasteiger partial charge is 0.410 e. The highest BCUT2D eigenvalue weighted by Gasteiger charge is 2.26. The fourth-order valence-corrected chi connectivity index (χ4v) is 4.57. The number of piperazine rings is 2. The van der Waals surface area contributed by atoms with E-state index in [2.05, 4.69) is 38.3 Å². The minimum Gasteiger partial charge on any atom is -0.445 e. The molecule has 0 aromatic heterocycles. The third-order valence-electron chi connectivity index (χ3n) is 6.04. The summed E-state index contributed by atoms with van der Waals surface area (Å²) in [7, 11) is 0. The average molecular weight is 497 g/mol. The third-order valence-corrected chi connectivity index (χ3v) is 6.04. The van der Waals surface area contributed by atoms with Crippen LogP contribution in [0.4, 0.5) is 9.59 Å². The Labute approximate surface area is 214 Å². The van der Waals surface area contributed by atoms with E-state index < -0.39 is 0 Å². The molecule has 2 fully saturated rings. The number of nitrogens with one attached hydrogen (secondary N) is 2. The summed E-state index contributed by atoms with van der Waals surface area (Å²) in [5.41, 5.74) is 2.03. The van der Waals surface area contributed by atoms with Crippen LogP contribution in [0.15, 0.2) is 60.7 Å². The number of benzene rings is 2. The fraction of sp³-hybridized carbons (Fsp3) is 0.500. The highest BCUT2D eigenvalue weighted by Crippen LogP contribution is 2.09. The zero-order valence-electron chi connectivity index (χ0n) is 21.9. The Morgan fingerprint density at radius 2 is 0.944 bits per heavy atom. The number of ether oxygens (including phenoxy) is 2. The van der Waals surface area contributed by atoms with Gasteiger partial charge in [-0.3, -0.25) is 0 Å². The second-order valence-electron chi connectivity index (χ2n) is 9.83. The monoisotopic (exact) mass is 496 g/mol. The van der Waals surface area contributed by atoms with Gasteiger partial charge in [0.05, 0.1) is 0 Å². The minimum atomic E-state index is -0.223. The summed E-state index contributed by atoms with van der Waals surface area (Å²) in [6.07, 6.45) is -0.446. The van der Waals surface area contributed by atoms with Gasteiger partial charge in [0.15, 0.2) is 0 Å². The third kappa shape index (κ3) is 9.17. The molecule has 8 nitrogen and oxygen atoms in total. The van der Waals surface area contributed by atoms with Crippen LogP contribution < -0.4 is 10.6 Å². The summed E-state index contributed by atoms with van der Waals surface area (Å²) in [6.45, 7) is 11.8. The Balaban J connectivity index is 0.000000201. The van der Waals surface area contributed by atoms with Crippen molar-refractivity contribution in [2.75, 3.05) is 26.2 Å². The van der Waals surface area contributed by atoms with E-state index in [1.54, 1.807) is 9.80 Å². The molecule has 8 heteroatoms. The van der Waals surface area contributed by atoms with Crippen LogP contribution in [0.5, 0.6) is 0 Å². The first-order valence-corrected chi connectivity index (χ1v) is 12.7. The van der Waals surface area contributed by atoms with Crippen molar-refractivity contribution >= 4 is 12.2 Å². The summed E-state index contributed by atoms with van der Waals surface area (Å²) in [6, 6.07) is 20.8. The van der Waals surface area contributed by atoms with Crippen molar-refractivity contribution in [3.63, 3.8) is 0 Å². The van der Waals surface area contributed by atoms with E-state index in [4.69, 9.17) is 9.47 Å². The fourth-order valence-electron chi connectivity index (χ4n) is 4.57. The summed E-state index contributed by atoms with van der Waals surface area (Å²) in [5.74, 6) is 0. The van der Waals surface area contributed by atoms with Crippen molar-refractivity contribution in [2.45, 2.75) is 65.1 Å². The first-order chi connectivity index (χ1) is 17.3. The molecule has 2 N–H and O–H groups in total.